The second kappa shape index (κ2) is 11.4. The third kappa shape index (κ3) is 4.52. The molecule has 0 bridgehead atoms. The molecule has 0 fully saturated rings. The second-order valence-electron chi connectivity index (χ2n) is 12.5. The van der Waals surface area contributed by atoms with E-state index in [0.717, 1.165) is 50.6 Å². The normalized spacial score (nSPS) is 11.6. The summed E-state index contributed by atoms with van der Waals surface area (Å²) in [5.41, 5.74) is 10.4. The average molecular weight is 640 g/mol. The third-order valence-corrected chi connectivity index (χ3v) is 9.58. The summed E-state index contributed by atoms with van der Waals surface area (Å²) in [4.78, 5) is 15.1. The van der Waals surface area contributed by atoms with Gasteiger partial charge >= 0.3 is 0 Å². The Kier molecular flexibility index (Phi) is 6.42. The Morgan fingerprint density at radius 3 is 1.42 bits per heavy atom. The standard InChI is InChI=1S/C45H29N5/c1-4-14-30(15-5-1)38-28-39(31-16-6-2-7-17-31)48-45(47-38)32-24-25-44(46-29-32)50-41-23-13-11-21-35(41)37-26-42-36(27-43(37)50)34-20-10-12-22-40(34)49(42)33-18-8-3-9-19-33/h1-29H. The predicted octanol–water partition coefficient (Wildman–Crippen LogP) is 11.1. The summed E-state index contributed by atoms with van der Waals surface area (Å²) < 4.78 is 4.65. The van der Waals surface area contributed by atoms with E-state index in [4.69, 9.17) is 15.0 Å². The number of nitrogens with zero attached hydrogens (tertiary/aromatic N) is 5. The molecule has 50 heavy (non-hydrogen) atoms. The van der Waals surface area contributed by atoms with Crippen LogP contribution in [0.1, 0.15) is 0 Å². The molecule has 10 rings (SSSR count). The molecule has 0 amide bonds. The molecule has 0 spiro atoms. The highest BCUT2D eigenvalue weighted by molar-refractivity contribution is 6.18. The summed E-state index contributed by atoms with van der Waals surface area (Å²) in [6.45, 7) is 0. The number of rotatable bonds is 5. The van der Waals surface area contributed by atoms with E-state index in [1.54, 1.807) is 0 Å². The lowest BCUT2D eigenvalue weighted by molar-refractivity contribution is 1.07. The highest BCUT2D eigenvalue weighted by Gasteiger charge is 2.19. The SMILES string of the molecule is c1ccc(-c2cc(-c3ccccc3)nc(-c3ccc(-n4c5ccccc5c5cc6c(cc54)c4ccccc4n6-c4ccccc4)nc3)n2)cc1. The van der Waals surface area contributed by atoms with Gasteiger partial charge in [0.25, 0.3) is 0 Å². The fourth-order valence-corrected chi connectivity index (χ4v) is 7.27. The molecular formula is C45H29N5. The summed E-state index contributed by atoms with van der Waals surface area (Å²) >= 11 is 0. The van der Waals surface area contributed by atoms with E-state index >= 15 is 0 Å². The number of hydrogen-bond donors (Lipinski definition) is 0. The molecule has 0 saturated carbocycles. The van der Waals surface area contributed by atoms with Crippen molar-refractivity contribution >= 4 is 43.6 Å². The van der Waals surface area contributed by atoms with Crippen LogP contribution in [0, 0.1) is 0 Å². The molecule has 0 unspecified atom stereocenters. The molecule has 0 N–H and O–H groups in total. The van der Waals surface area contributed by atoms with Crippen molar-refractivity contribution < 1.29 is 0 Å². The minimum Gasteiger partial charge on any atom is -0.309 e. The van der Waals surface area contributed by atoms with E-state index in [9.17, 15) is 0 Å². The van der Waals surface area contributed by atoms with Crippen molar-refractivity contribution in [3.05, 3.63) is 176 Å². The van der Waals surface area contributed by atoms with Crippen LogP contribution in [0.3, 0.4) is 0 Å². The molecule has 0 radical (unpaired) electrons. The molecule has 6 aromatic carbocycles. The van der Waals surface area contributed by atoms with Crippen molar-refractivity contribution in [2.75, 3.05) is 0 Å². The van der Waals surface area contributed by atoms with E-state index in [0.29, 0.717) is 5.82 Å². The highest BCUT2D eigenvalue weighted by atomic mass is 15.1. The molecule has 0 saturated heterocycles. The topological polar surface area (TPSA) is 48.5 Å². The summed E-state index contributed by atoms with van der Waals surface area (Å²) in [7, 11) is 0. The van der Waals surface area contributed by atoms with Crippen LogP contribution in [0.2, 0.25) is 0 Å². The van der Waals surface area contributed by atoms with Crippen molar-refractivity contribution in [3.63, 3.8) is 0 Å². The Balaban J connectivity index is 1.16. The number of fused-ring (bicyclic) bond motifs is 6. The number of benzene rings is 6. The number of aromatic nitrogens is 5. The first kappa shape index (κ1) is 28.2. The van der Waals surface area contributed by atoms with Crippen molar-refractivity contribution in [2.45, 2.75) is 0 Å². The lowest BCUT2D eigenvalue weighted by Crippen LogP contribution is -1.99. The zero-order valence-corrected chi connectivity index (χ0v) is 27.0. The molecule has 0 aliphatic carbocycles. The molecule has 10 aromatic rings. The number of pyridine rings is 1. The second-order valence-corrected chi connectivity index (χ2v) is 12.5. The fraction of sp³-hybridized carbons (Fsp3) is 0. The van der Waals surface area contributed by atoms with E-state index in [1.807, 2.05) is 42.6 Å². The van der Waals surface area contributed by atoms with Gasteiger partial charge in [-0.25, -0.2) is 15.0 Å². The van der Waals surface area contributed by atoms with Gasteiger partial charge in [0, 0.05) is 50.1 Å². The van der Waals surface area contributed by atoms with Crippen molar-refractivity contribution in [1.82, 2.24) is 24.1 Å². The van der Waals surface area contributed by atoms with Crippen LogP contribution < -0.4 is 0 Å². The maximum Gasteiger partial charge on any atom is 0.161 e. The van der Waals surface area contributed by atoms with E-state index in [2.05, 4.69) is 143 Å². The largest absolute Gasteiger partial charge is 0.309 e. The van der Waals surface area contributed by atoms with Crippen LogP contribution in [0.15, 0.2) is 176 Å². The first-order chi connectivity index (χ1) is 24.8. The maximum atomic E-state index is 5.08. The monoisotopic (exact) mass is 639 g/mol. The average Bonchev–Trinajstić information content (AvgIpc) is 3.70. The van der Waals surface area contributed by atoms with Crippen molar-refractivity contribution in [2.24, 2.45) is 0 Å². The van der Waals surface area contributed by atoms with Gasteiger partial charge in [0.2, 0.25) is 0 Å². The van der Waals surface area contributed by atoms with Crippen LogP contribution in [0.4, 0.5) is 0 Å². The lowest BCUT2D eigenvalue weighted by Gasteiger charge is -2.11. The van der Waals surface area contributed by atoms with Crippen LogP contribution in [0.5, 0.6) is 0 Å². The van der Waals surface area contributed by atoms with Gasteiger partial charge in [-0.2, -0.15) is 0 Å². The van der Waals surface area contributed by atoms with Gasteiger partial charge in [-0.05, 0) is 54.6 Å². The van der Waals surface area contributed by atoms with Gasteiger partial charge in [0.05, 0.1) is 33.5 Å². The van der Waals surface area contributed by atoms with Gasteiger partial charge in [0.15, 0.2) is 5.82 Å². The zero-order chi connectivity index (χ0) is 33.0. The van der Waals surface area contributed by atoms with Gasteiger partial charge in [-0.1, -0.05) is 115 Å². The summed E-state index contributed by atoms with van der Waals surface area (Å²) in [5, 5.41) is 4.80. The van der Waals surface area contributed by atoms with Gasteiger partial charge in [-0.3, -0.25) is 4.57 Å². The number of para-hydroxylation sites is 3. The van der Waals surface area contributed by atoms with Crippen molar-refractivity contribution in [3.8, 4) is 45.4 Å². The predicted molar refractivity (Wildman–Crippen MR) is 205 cm³/mol. The molecule has 0 aliphatic rings. The highest BCUT2D eigenvalue weighted by Crippen LogP contribution is 2.39. The first-order valence-corrected chi connectivity index (χ1v) is 16.8. The third-order valence-electron chi connectivity index (χ3n) is 9.58. The summed E-state index contributed by atoms with van der Waals surface area (Å²) in [5.74, 6) is 1.48. The molecule has 0 atom stereocenters. The van der Waals surface area contributed by atoms with Gasteiger partial charge in [0.1, 0.15) is 5.82 Å². The molecular weight excluding hydrogens is 611 g/mol. The minimum atomic E-state index is 0.641. The number of hydrogen-bond acceptors (Lipinski definition) is 3. The Labute approximate surface area is 288 Å². The molecule has 4 heterocycles. The van der Waals surface area contributed by atoms with Crippen molar-refractivity contribution in [1.29, 1.82) is 0 Å². The first-order valence-electron chi connectivity index (χ1n) is 16.8. The van der Waals surface area contributed by atoms with E-state index in [-0.39, 0.29) is 0 Å². The van der Waals surface area contributed by atoms with Gasteiger partial charge in [-0.15, -0.1) is 0 Å². The smallest absolute Gasteiger partial charge is 0.161 e. The molecule has 234 valence electrons. The summed E-state index contributed by atoms with van der Waals surface area (Å²) in [6, 6.07) is 59.3. The molecule has 0 aliphatic heterocycles. The van der Waals surface area contributed by atoms with E-state index in [1.165, 1.54) is 32.6 Å². The Morgan fingerprint density at radius 1 is 0.360 bits per heavy atom. The summed E-state index contributed by atoms with van der Waals surface area (Å²) in [6.07, 6.45) is 1.90. The zero-order valence-electron chi connectivity index (χ0n) is 27.0. The minimum absolute atomic E-state index is 0.641. The lowest BCUT2D eigenvalue weighted by atomic mass is 10.1. The van der Waals surface area contributed by atoms with E-state index < -0.39 is 0 Å². The van der Waals surface area contributed by atoms with Crippen LogP contribution >= 0.6 is 0 Å². The maximum absolute atomic E-state index is 5.08. The Morgan fingerprint density at radius 2 is 0.860 bits per heavy atom. The van der Waals surface area contributed by atoms with Crippen LogP contribution in [-0.4, -0.2) is 24.1 Å². The molecule has 4 aromatic heterocycles. The van der Waals surface area contributed by atoms with Crippen LogP contribution in [-0.2, 0) is 0 Å². The Bertz CT molecular complexity index is 2780. The molecule has 5 nitrogen and oxygen atoms in total. The van der Waals surface area contributed by atoms with Gasteiger partial charge < -0.3 is 4.57 Å². The van der Waals surface area contributed by atoms with Crippen LogP contribution in [0.25, 0.3) is 89.0 Å². The molecule has 5 heteroatoms. The quantitative estimate of drug-likeness (QED) is 0.188. The Hall–Kier alpha value is -6.85. The fourth-order valence-electron chi connectivity index (χ4n) is 7.27.